The average Bonchev–Trinajstić information content (AvgIpc) is 2.60. The highest BCUT2D eigenvalue weighted by molar-refractivity contribution is 5.95. The summed E-state index contributed by atoms with van der Waals surface area (Å²) < 4.78 is 10.0. The summed E-state index contributed by atoms with van der Waals surface area (Å²) >= 11 is 0. The Bertz CT molecular complexity index is 662. The molecule has 0 bridgehead atoms. The van der Waals surface area contributed by atoms with Gasteiger partial charge in [-0.05, 0) is 48.4 Å². The van der Waals surface area contributed by atoms with E-state index in [0.29, 0.717) is 17.0 Å². The highest BCUT2D eigenvalue weighted by atomic mass is 16.5. The maximum absolute atomic E-state index is 11.9. The molecule has 0 saturated carbocycles. The molecule has 0 atom stereocenters. The molecular weight excluding hydrogens is 294 g/mol. The van der Waals surface area contributed by atoms with Gasteiger partial charge in [-0.25, -0.2) is 4.79 Å². The Morgan fingerprint density at radius 3 is 2.22 bits per heavy atom. The molecule has 23 heavy (non-hydrogen) atoms. The number of rotatable bonds is 6. The summed E-state index contributed by atoms with van der Waals surface area (Å²) in [5.74, 6) is -0.212. The van der Waals surface area contributed by atoms with Crippen molar-refractivity contribution in [2.75, 3.05) is 19.0 Å². The molecule has 120 valence electrons. The third kappa shape index (κ3) is 4.85. The van der Waals surface area contributed by atoms with Crippen LogP contribution in [0.25, 0.3) is 0 Å². The summed E-state index contributed by atoms with van der Waals surface area (Å²) in [7, 11) is 1.57. The number of benzene rings is 2. The van der Waals surface area contributed by atoms with Gasteiger partial charge in [-0.2, -0.15) is 0 Å². The predicted octanol–water partition coefficient (Wildman–Crippen LogP) is 3.05. The normalized spacial score (nSPS) is 10.0. The van der Waals surface area contributed by atoms with E-state index in [4.69, 9.17) is 9.47 Å². The zero-order chi connectivity index (χ0) is 16.7. The van der Waals surface area contributed by atoms with E-state index >= 15 is 0 Å². The topological polar surface area (TPSA) is 64.6 Å². The number of amides is 1. The van der Waals surface area contributed by atoms with Gasteiger partial charge in [0.1, 0.15) is 5.75 Å². The molecule has 0 spiro atoms. The molecule has 2 aromatic carbocycles. The van der Waals surface area contributed by atoms with Crippen LogP contribution in [-0.4, -0.2) is 25.6 Å². The van der Waals surface area contributed by atoms with Crippen LogP contribution in [0.1, 0.15) is 22.8 Å². The molecule has 0 unspecified atom stereocenters. The van der Waals surface area contributed by atoms with E-state index in [0.717, 1.165) is 12.0 Å². The Labute approximate surface area is 135 Å². The van der Waals surface area contributed by atoms with Crippen LogP contribution < -0.4 is 10.1 Å². The number of ether oxygens (including phenoxy) is 2. The van der Waals surface area contributed by atoms with Crippen molar-refractivity contribution in [2.45, 2.75) is 13.3 Å². The van der Waals surface area contributed by atoms with Crippen molar-refractivity contribution < 1.29 is 19.1 Å². The van der Waals surface area contributed by atoms with Gasteiger partial charge in [-0.15, -0.1) is 0 Å². The fraction of sp³-hybridized carbons (Fsp3) is 0.222. The molecule has 0 heterocycles. The largest absolute Gasteiger partial charge is 0.497 e. The van der Waals surface area contributed by atoms with E-state index in [1.807, 2.05) is 19.1 Å². The molecule has 0 aliphatic rings. The second-order valence-electron chi connectivity index (χ2n) is 4.90. The van der Waals surface area contributed by atoms with Crippen molar-refractivity contribution in [3.05, 3.63) is 59.7 Å². The lowest BCUT2D eigenvalue weighted by Gasteiger charge is -2.07. The Hall–Kier alpha value is -2.82. The minimum atomic E-state index is -0.516. The first kappa shape index (κ1) is 16.5. The van der Waals surface area contributed by atoms with Crippen molar-refractivity contribution in [1.29, 1.82) is 0 Å². The van der Waals surface area contributed by atoms with Crippen LogP contribution in [0.15, 0.2) is 48.5 Å². The van der Waals surface area contributed by atoms with Crippen LogP contribution in [0.2, 0.25) is 0 Å². The maximum Gasteiger partial charge on any atom is 0.338 e. The van der Waals surface area contributed by atoms with Crippen molar-refractivity contribution in [1.82, 2.24) is 0 Å². The van der Waals surface area contributed by atoms with Crippen LogP contribution in [0, 0.1) is 0 Å². The molecule has 0 aliphatic carbocycles. The Morgan fingerprint density at radius 1 is 1.00 bits per heavy atom. The highest BCUT2D eigenvalue weighted by Crippen LogP contribution is 2.14. The van der Waals surface area contributed by atoms with Crippen molar-refractivity contribution >= 4 is 17.6 Å². The van der Waals surface area contributed by atoms with Gasteiger partial charge < -0.3 is 14.8 Å². The molecule has 0 radical (unpaired) electrons. The van der Waals surface area contributed by atoms with E-state index in [9.17, 15) is 9.59 Å². The SMILES string of the molecule is CCc1ccc(C(=O)OCC(=O)Nc2ccc(OC)cc2)cc1. The van der Waals surface area contributed by atoms with Crippen LogP contribution in [0.4, 0.5) is 5.69 Å². The molecule has 5 nitrogen and oxygen atoms in total. The van der Waals surface area contributed by atoms with Gasteiger partial charge in [0.15, 0.2) is 6.61 Å². The molecule has 0 saturated heterocycles. The fourth-order valence-corrected chi connectivity index (χ4v) is 1.96. The summed E-state index contributed by atoms with van der Waals surface area (Å²) in [5, 5.41) is 2.65. The number of carbonyl (C=O) groups is 2. The standard InChI is InChI=1S/C18H19NO4/c1-3-13-4-6-14(7-5-13)18(21)23-12-17(20)19-15-8-10-16(22-2)11-9-15/h4-11H,3,12H2,1-2H3,(H,19,20). The first-order valence-electron chi connectivity index (χ1n) is 7.32. The zero-order valence-corrected chi connectivity index (χ0v) is 13.2. The second kappa shape index (κ2) is 7.98. The highest BCUT2D eigenvalue weighted by Gasteiger charge is 2.10. The quantitative estimate of drug-likeness (QED) is 0.833. The van der Waals surface area contributed by atoms with Gasteiger partial charge >= 0.3 is 5.97 Å². The molecule has 1 N–H and O–H groups in total. The Balaban J connectivity index is 1.83. The third-order valence-corrected chi connectivity index (χ3v) is 3.31. The van der Waals surface area contributed by atoms with Gasteiger partial charge in [-0.3, -0.25) is 4.79 Å². The molecule has 1 amide bonds. The van der Waals surface area contributed by atoms with Gasteiger partial charge in [0.2, 0.25) is 0 Å². The number of nitrogens with one attached hydrogen (secondary N) is 1. The first-order chi connectivity index (χ1) is 11.1. The first-order valence-corrected chi connectivity index (χ1v) is 7.32. The third-order valence-electron chi connectivity index (χ3n) is 3.31. The summed E-state index contributed by atoms with van der Waals surface area (Å²) in [6, 6.07) is 14.0. The maximum atomic E-state index is 11.9. The summed E-state index contributed by atoms with van der Waals surface area (Å²) in [4.78, 5) is 23.6. The van der Waals surface area contributed by atoms with E-state index in [2.05, 4.69) is 5.32 Å². The van der Waals surface area contributed by atoms with Gasteiger partial charge in [0.25, 0.3) is 5.91 Å². The number of carbonyl (C=O) groups excluding carboxylic acids is 2. The van der Waals surface area contributed by atoms with Gasteiger partial charge in [0.05, 0.1) is 12.7 Å². The number of aryl methyl sites for hydroxylation is 1. The van der Waals surface area contributed by atoms with Crippen LogP contribution in [0.3, 0.4) is 0 Å². The minimum absolute atomic E-state index is 0.333. The Morgan fingerprint density at radius 2 is 1.65 bits per heavy atom. The zero-order valence-electron chi connectivity index (χ0n) is 13.2. The van der Waals surface area contributed by atoms with E-state index in [1.54, 1.807) is 43.5 Å². The lowest BCUT2D eigenvalue weighted by molar-refractivity contribution is -0.119. The number of hydrogen-bond acceptors (Lipinski definition) is 4. The monoisotopic (exact) mass is 313 g/mol. The molecule has 2 aromatic rings. The van der Waals surface area contributed by atoms with E-state index in [-0.39, 0.29) is 6.61 Å². The predicted molar refractivity (Wildman–Crippen MR) is 87.7 cm³/mol. The van der Waals surface area contributed by atoms with Crippen molar-refractivity contribution in [3.8, 4) is 5.75 Å². The van der Waals surface area contributed by atoms with Gasteiger partial charge in [0, 0.05) is 5.69 Å². The molecule has 2 rings (SSSR count). The van der Waals surface area contributed by atoms with E-state index in [1.165, 1.54) is 0 Å². The Kier molecular flexibility index (Phi) is 5.74. The van der Waals surface area contributed by atoms with Crippen LogP contribution in [0.5, 0.6) is 5.75 Å². The summed E-state index contributed by atoms with van der Waals surface area (Å²) in [6.07, 6.45) is 0.902. The number of anilines is 1. The summed E-state index contributed by atoms with van der Waals surface area (Å²) in [6.45, 7) is 1.71. The molecule has 0 aliphatic heterocycles. The molecule has 5 heteroatoms. The van der Waals surface area contributed by atoms with Crippen LogP contribution >= 0.6 is 0 Å². The second-order valence-corrected chi connectivity index (χ2v) is 4.90. The molecular formula is C18H19NO4. The fourth-order valence-electron chi connectivity index (χ4n) is 1.96. The smallest absolute Gasteiger partial charge is 0.338 e. The number of esters is 1. The number of methoxy groups -OCH3 is 1. The van der Waals surface area contributed by atoms with E-state index < -0.39 is 11.9 Å². The summed E-state index contributed by atoms with van der Waals surface area (Å²) in [5.41, 5.74) is 2.18. The number of hydrogen-bond donors (Lipinski definition) is 1. The van der Waals surface area contributed by atoms with Crippen molar-refractivity contribution in [3.63, 3.8) is 0 Å². The van der Waals surface area contributed by atoms with Crippen LogP contribution in [-0.2, 0) is 16.0 Å². The minimum Gasteiger partial charge on any atom is -0.497 e. The lowest BCUT2D eigenvalue weighted by Crippen LogP contribution is -2.20. The van der Waals surface area contributed by atoms with Gasteiger partial charge in [-0.1, -0.05) is 19.1 Å². The lowest BCUT2D eigenvalue weighted by atomic mass is 10.1. The van der Waals surface area contributed by atoms with Crippen molar-refractivity contribution in [2.24, 2.45) is 0 Å². The average molecular weight is 313 g/mol. The molecule has 0 fully saturated rings. The molecule has 0 aromatic heterocycles.